The van der Waals surface area contributed by atoms with Gasteiger partial charge in [-0.25, -0.2) is 24.5 Å². The number of fused-ring (bicyclic) bond motifs is 1. The van der Waals surface area contributed by atoms with Crippen molar-refractivity contribution in [3.8, 4) is 0 Å². The monoisotopic (exact) mass is 325 g/mol. The van der Waals surface area contributed by atoms with Gasteiger partial charge in [0, 0.05) is 0 Å². The minimum atomic E-state index is -2.80. The van der Waals surface area contributed by atoms with Crippen LogP contribution in [-0.2, 0) is 14.4 Å². The molecule has 0 amide bonds. The lowest BCUT2D eigenvalue weighted by Gasteiger charge is -2.19. The minimum absolute atomic E-state index is 0.0396. The van der Waals surface area contributed by atoms with E-state index in [0.717, 1.165) is 17.4 Å². The maximum absolute atomic E-state index is 11.8. The van der Waals surface area contributed by atoms with E-state index in [1.807, 2.05) is 0 Å². The first-order valence-corrected chi connectivity index (χ1v) is 6.05. The first-order valence-electron chi connectivity index (χ1n) is 6.05. The van der Waals surface area contributed by atoms with E-state index in [2.05, 4.69) is 15.0 Å². The number of anilines is 1. The summed E-state index contributed by atoms with van der Waals surface area (Å²) >= 11 is 0. The van der Waals surface area contributed by atoms with Crippen LogP contribution in [0.3, 0.4) is 0 Å². The minimum Gasteiger partial charge on any atom is -0.481 e. The number of rotatable bonds is 6. The van der Waals surface area contributed by atoms with Gasteiger partial charge in [0.25, 0.3) is 0 Å². The molecule has 0 radical (unpaired) electrons. The molecule has 0 aliphatic rings. The lowest BCUT2D eigenvalue weighted by Crippen LogP contribution is -2.44. The quantitative estimate of drug-likeness (QED) is 0.461. The van der Waals surface area contributed by atoms with Crippen molar-refractivity contribution in [1.82, 2.24) is 19.7 Å². The number of carbonyl (C=O) groups is 3. The van der Waals surface area contributed by atoms with E-state index in [0.29, 0.717) is 0 Å². The maximum Gasteiger partial charge on any atom is 0.336 e. The van der Waals surface area contributed by atoms with Gasteiger partial charge in [-0.2, -0.15) is 0 Å². The van der Waals surface area contributed by atoms with Crippen molar-refractivity contribution in [2.75, 3.05) is 5.73 Å². The molecular weight excluding hydrogens is 314 g/mol. The summed E-state index contributed by atoms with van der Waals surface area (Å²) < 4.78 is 0.804. The van der Waals surface area contributed by atoms with Crippen molar-refractivity contribution in [1.29, 1.82) is 0 Å². The Morgan fingerprint density at radius 1 is 1.22 bits per heavy atom. The molecular formula is C11H11N5O7. The van der Waals surface area contributed by atoms with Gasteiger partial charge >= 0.3 is 17.9 Å². The predicted octanol–water partition coefficient (Wildman–Crippen LogP) is -1.96. The second-order valence-electron chi connectivity index (χ2n) is 4.55. The highest BCUT2D eigenvalue weighted by Gasteiger charge is 2.41. The van der Waals surface area contributed by atoms with Crippen LogP contribution in [0.5, 0.6) is 0 Å². The normalized spacial score (nSPS) is 13.4. The van der Waals surface area contributed by atoms with Crippen LogP contribution < -0.4 is 10.6 Å². The van der Waals surface area contributed by atoms with Crippen LogP contribution >= 0.6 is 0 Å². The number of aliphatic carboxylic acids is 2. The fourth-order valence-corrected chi connectivity index (χ4v) is 1.74. The molecule has 1 unspecified atom stereocenters. The first-order chi connectivity index (χ1) is 10.7. The van der Waals surface area contributed by atoms with E-state index in [9.17, 15) is 19.5 Å². The molecule has 5 N–H and O–H groups in total. The van der Waals surface area contributed by atoms with Gasteiger partial charge in [-0.1, -0.05) is 0 Å². The molecule has 0 fully saturated rings. The fraction of sp³-hybridized carbons (Fsp3) is 0.273. The van der Waals surface area contributed by atoms with Crippen LogP contribution in [0.15, 0.2) is 12.7 Å². The molecule has 0 aliphatic carbocycles. The number of carbonyl (C=O) groups excluding carboxylic acids is 1. The van der Waals surface area contributed by atoms with Crippen LogP contribution in [0.1, 0.15) is 12.8 Å². The first kappa shape index (κ1) is 16.1. The van der Waals surface area contributed by atoms with Crippen molar-refractivity contribution < 1.29 is 34.5 Å². The zero-order valence-corrected chi connectivity index (χ0v) is 11.4. The molecule has 12 nitrogen and oxygen atoms in total. The zero-order chi connectivity index (χ0) is 17.2. The topological polar surface area (TPSA) is 191 Å². The summed E-state index contributed by atoms with van der Waals surface area (Å²) in [6.45, 7) is 0. The van der Waals surface area contributed by atoms with E-state index in [4.69, 9.17) is 20.8 Å². The number of hydrogen-bond acceptors (Lipinski definition) is 9. The molecule has 2 rings (SSSR count). The Hall–Kier alpha value is -3.28. The van der Waals surface area contributed by atoms with Gasteiger partial charge in [-0.05, 0) is 0 Å². The van der Waals surface area contributed by atoms with Crippen molar-refractivity contribution >= 4 is 34.9 Å². The van der Waals surface area contributed by atoms with Gasteiger partial charge in [0.15, 0.2) is 16.9 Å². The number of aliphatic hydroxyl groups is 1. The Bertz CT molecular complexity index is 788. The van der Waals surface area contributed by atoms with Crippen LogP contribution in [-0.4, -0.2) is 58.5 Å². The average Bonchev–Trinajstić information content (AvgIpc) is 2.82. The molecule has 2 heterocycles. The second-order valence-corrected chi connectivity index (χ2v) is 4.55. The third-order valence-electron chi connectivity index (χ3n) is 2.81. The number of carboxylic acids is 2. The van der Waals surface area contributed by atoms with E-state index in [1.165, 1.54) is 0 Å². The van der Waals surface area contributed by atoms with Crippen molar-refractivity contribution in [2.45, 2.75) is 18.4 Å². The summed E-state index contributed by atoms with van der Waals surface area (Å²) in [5.74, 6) is -4.61. The highest BCUT2D eigenvalue weighted by atomic mass is 16.7. The van der Waals surface area contributed by atoms with Crippen LogP contribution in [0.4, 0.5) is 5.82 Å². The van der Waals surface area contributed by atoms with Crippen molar-refractivity contribution in [2.24, 2.45) is 0 Å². The molecule has 23 heavy (non-hydrogen) atoms. The summed E-state index contributed by atoms with van der Waals surface area (Å²) in [6.07, 6.45) is -0.113. The van der Waals surface area contributed by atoms with Gasteiger partial charge in [0.2, 0.25) is 5.65 Å². The number of nitrogen functional groups attached to an aromatic ring is 1. The van der Waals surface area contributed by atoms with Gasteiger partial charge < -0.3 is 25.9 Å². The van der Waals surface area contributed by atoms with Crippen LogP contribution in [0.25, 0.3) is 11.2 Å². The van der Waals surface area contributed by atoms with Crippen molar-refractivity contribution in [3.63, 3.8) is 0 Å². The zero-order valence-electron chi connectivity index (χ0n) is 11.4. The Kier molecular flexibility index (Phi) is 4.09. The highest BCUT2D eigenvalue weighted by Crippen LogP contribution is 2.17. The number of hydrogen-bond donors (Lipinski definition) is 4. The van der Waals surface area contributed by atoms with E-state index in [1.54, 1.807) is 0 Å². The largest absolute Gasteiger partial charge is 0.481 e. The standard InChI is InChI=1S/C11H11N5O7/c12-8-7-9(14-3-13-8)16(4-15-7)23-6(19)2-11(22,10(20)21)1-5(17)18/h3-4,22H,1-2H2,(H,17,18)(H,20,21)(H2,12,13,14). The molecule has 2 aromatic heterocycles. The average molecular weight is 325 g/mol. The van der Waals surface area contributed by atoms with E-state index < -0.39 is 36.4 Å². The number of nitrogens with two attached hydrogens (primary N) is 1. The Morgan fingerprint density at radius 3 is 2.52 bits per heavy atom. The molecule has 122 valence electrons. The molecule has 0 saturated heterocycles. The van der Waals surface area contributed by atoms with E-state index >= 15 is 0 Å². The van der Waals surface area contributed by atoms with Gasteiger partial charge in [0.1, 0.15) is 12.7 Å². The summed E-state index contributed by atoms with van der Waals surface area (Å²) in [6, 6.07) is 0. The lowest BCUT2D eigenvalue weighted by molar-refractivity contribution is -0.171. The summed E-state index contributed by atoms with van der Waals surface area (Å²) in [5.41, 5.74) is 2.94. The summed E-state index contributed by atoms with van der Waals surface area (Å²) in [7, 11) is 0. The summed E-state index contributed by atoms with van der Waals surface area (Å²) in [5, 5.41) is 27.3. The third-order valence-corrected chi connectivity index (χ3v) is 2.81. The molecule has 0 saturated carbocycles. The molecule has 0 spiro atoms. The van der Waals surface area contributed by atoms with Gasteiger partial charge in [-0.3, -0.25) is 4.79 Å². The Morgan fingerprint density at radius 2 is 1.91 bits per heavy atom. The lowest BCUT2D eigenvalue weighted by atomic mass is 9.96. The second kappa shape index (κ2) is 5.84. The number of nitrogens with zero attached hydrogens (tertiary/aromatic N) is 4. The molecule has 1 atom stereocenters. The van der Waals surface area contributed by atoms with Crippen LogP contribution in [0, 0.1) is 0 Å². The number of carboxylic acid groups (broad SMARTS) is 2. The van der Waals surface area contributed by atoms with E-state index in [-0.39, 0.29) is 17.0 Å². The Labute approximate surface area is 127 Å². The molecule has 12 heteroatoms. The van der Waals surface area contributed by atoms with Gasteiger partial charge in [-0.15, -0.1) is 4.73 Å². The summed E-state index contributed by atoms with van der Waals surface area (Å²) in [4.78, 5) is 49.5. The maximum atomic E-state index is 11.8. The predicted molar refractivity (Wildman–Crippen MR) is 70.8 cm³/mol. The molecule has 0 aromatic carbocycles. The third kappa shape index (κ3) is 3.32. The highest BCUT2D eigenvalue weighted by molar-refractivity contribution is 5.89. The smallest absolute Gasteiger partial charge is 0.336 e. The fourth-order valence-electron chi connectivity index (χ4n) is 1.74. The molecule has 2 aromatic rings. The van der Waals surface area contributed by atoms with Crippen LogP contribution in [0.2, 0.25) is 0 Å². The molecule has 0 bridgehead atoms. The Balaban J connectivity index is 2.19. The molecule has 0 aliphatic heterocycles. The SMILES string of the molecule is Nc1ncnc2c1ncn2OC(=O)CC(O)(CC(=O)O)C(=O)O. The van der Waals surface area contributed by atoms with Crippen molar-refractivity contribution in [3.05, 3.63) is 12.7 Å². The number of aromatic nitrogens is 4. The number of imidazole rings is 1. The van der Waals surface area contributed by atoms with Gasteiger partial charge in [0.05, 0.1) is 12.8 Å².